The van der Waals surface area contributed by atoms with Gasteiger partial charge in [0.05, 0.1) is 51.2 Å². The molecule has 0 bridgehead atoms. The van der Waals surface area contributed by atoms with Crippen LogP contribution >= 0.6 is 0 Å². The lowest BCUT2D eigenvalue weighted by Crippen LogP contribution is -2.24. The van der Waals surface area contributed by atoms with E-state index in [1.807, 2.05) is 6.07 Å². The number of pyridine rings is 1. The number of phenols is 1. The number of hydrogen-bond acceptors (Lipinski definition) is 9. The van der Waals surface area contributed by atoms with Gasteiger partial charge in [-0.15, -0.1) is 0 Å². The number of likely N-dealkylation sites (N-methyl/N-ethyl adjacent to an activating group) is 1. The predicted molar refractivity (Wildman–Crippen MR) is 146 cm³/mol. The summed E-state index contributed by atoms with van der Waals surface area (Å²) in [5, 5.41) is 28.7. The number of phenolic OH excluding ortho intramolecular Hbond substituents is 1. The molecule has 212 valence electrons. The van der Waals surface area contributed by atoms with E-state index in [1.54, 1.807) is 18.0 Å². The molecule has 0 amide bonds. The molecule has 1 aromatic heterocycles. The number of carboxylic acid groups (broad SMARTS) is 1. The molecule has 10 nitrogen and oxygen atoms in total. The lowest BCUT2D eigenvalue weighted by atomic mass is 10.1. The summed E-state index contributed by atoms with van der Waals surface area (Å²) in [7, 11) is -0.180. The van der Waals surface area contributed by atoms with E-state index in [9.17, 15) is 23.6 Å². The number of ether oxygens (including phenoxy) is 2. The summed E-state index contributed by atoms with van der Waals surface area (Å²) >= 11 is 0. The molecule has 1 unspecified atom stereocenters. The van der Waals surface area contributed by atoms with Crippen molar-refractivity contribution in [1.29, 1.82) is 5.26 Å². The molecule has 4 aromatic rings. The fraction of sp³-hybridized carbons (Fsp3) is 0.103. The molecular weight excluding hydrogens is 570 g/mol. The molecule has 0 saturated heterocycles. The third kappa shape index (κ3) is 5.48. The normalized spacial score (nSPS) is 13.3. The van der Waals surface area contributed by atoms with Gasteiger partial charge in [-0.1, -0.05) is 12.1 Å². The Bertz CT molecular complexity index is 1820. The summed E-state index contributed by atoms with van der Waals surface area (Å²) in [6, 6.07) is 15.6. The second kappa shape index (κ2) is 11.6. The van der Waals surface area contributed by atoms with Gasteiger partial charge in [-0.2, -0.15) is 9.65 Å². The monoisotopic (exact) mass is 590 g/mol. The van der Waals surface area contributed by atoms with Crippen LogP contribution in [0.5, 0.6) is 28.9 Å². The van der Waals surface area contributed by atoms with E-state index in [-0.39, 0.29) is 38.0 Å². The van der Waals surface area contributed by atoms with Crippen LogP contribution in [-0.4, -0.2) is 56.2 Å². The molecule has 0 aliphatic carbocycles. The first kappa shape index (κ1) is 28.2. The van der Waals surface area contributed by atoms with Crippen molar-refractivity contribution in [2.75, 3.05) is 20.1 Å². The van der Waals surface area contributed by atoms with Gasteiger partial charge in [0.25, 0.3) is 5.88 Å². The van der Waals surface area contributed by atoms with Gasteiger partial charge in [0, 0.05) is 24.6 Å². The van der Waals surface area contributed by atoms with E-state index < -0.39 is 45.8 Å². The lowest BCUT2D eigenvalue weighted by Gasteiger charge is -2.19. The van der Waals surface area contributed by atoms with Crippen LogP contribution in [0.1, 0.15) is 21.5 Å². The maximum atomic E-state index is 15.5. The molecule has 42 heavy (non-hydrogen) atoms. The lowest BCUT2D eigenvalue weighted by molar-refractivity contribution is 0.0693. The number of aromatic nitrogens is 1. The van der Waals surface area contributed by atoms with Crippen LogP contribution in [-0.2, 0) is 10.8 Å². The van der Waals surface area contributed by atoms with Crippen molar-refractivity contribution in [3.63, 3.8) is 0 Å². The van der Waals surface area contributed by atoms with Crippen molar-refractivity contribution < 1.29 is 37.5 Å². The van der Waals surface area contributed by atoms with Crippen molar-refractivity contribution in [3.05, 3.63) is 95.2 Å². The average molecular weight is 591 g/mol. The number of hydrogen-bond donors (Lipinski definition) is 2. The topological polar surface area (TPSA) is 145 Å². The number of nitrogens with zero attached hydrogens (tertiary/aromatic N) is 4. The molecule has 0 fully saturated rings. The minimum atomic E-state index is -1.93. The number of rotatable bonds is 8. The Morgan fingerprint density at radius 2 is 1.88 bits per heavy atom. The van der Waals surface area contributed by atoms with Crippen LogP contribution < -0.4 is 9.47 Å². The number of halogens is 2. The van der Waals surface area contributed by atoms with Gasteiger partial charge in [-0.05, 0) is 42.5 Å². The Labute approximate surface area is 240 Å². The molecule has 0 saturated carbocycles. The molecule has 1 atom stereocenters. The fourth-order valence-corrected chi connectivity index (χ4v) is 5.35. The third-order valence-corrected chi connectivity index (χ3v) is 7.63. The van der Waals surface area contributed by atoms with E-state index in [0.717, 1.165) is 6.07 Å². The molecule has 3 aromatic carbocycles. The van der Waals surface area contributed by atoms with Gasteiger partial charge in [0.2, 0.25) is 11.6 Å². The van der Waals surface area contributed by atoms with Gasteiger partial charge in [-0.3, -0.25) is 4.99 Å². The van der Waals surface area contributed by atoms with Crippen molar-refractivity contribution >= 4 is 22.6 Å². The molecule has 0 spiro atoms. The molecular formula is C29H20F2N4O6S. The van der Waals surface area contributed by atoms with Crippen molar-refractivity contribution in [1.82, 2.24) is 9.88 Å². The van der Waals surface area contributed by atoms with Crippen LogP contribution in [0.3, 0.4) is 0 Å². The molecule has 1 aliphatic heterocycles. The number of nitriles is 1. The summed E-state index contributed by atoms with van der Waals surface area (Å²) in [6.45, 7) is 0.979. The quantitative estimate of drug-likeness (QED) is 0.287. The minimum absolute atomic E-state index is 0.0426. The van der Waals surface area contributed by atoms with Crippen LogP contribution in [0.25, 0.3) is 0 Å². The second-order valence-corrected chi connectivity index (χ2v) is 10.4. The predicted octanol–water partition coefficient (Wildman–Crippen LogP) is 5.08. The van der Waals surface area contributed by atoms with Gasteiger partial charge < -0.3 is 24.6 Å². The standard InChI is InChI=1S/C29H20F2N4O6S/c1-35-11-10-33-27(35)19-13-17(42(39)24-5-3-2-4-18(24)29(37)38)7-9-22(19)40-26-20(30)15-34-28(25(26)31)41-23-12-16(14-32)6-8-21(23)36/h2-9,12-13,15,36H,10-11H2,1H3,(H,37,38). The first-order chi connectivity index (χ1) is 20.2. The van der Waals surface area contributed by atoms with E-state index in [0.29, 0.717) is 25.1 Å². The van der Waals surface area contributed by atoms with Crippen LogP contribution in [0.4, 0.5) is 8.78 Å². The Morgan fingerprint density at radius 3 is 2.60 bits per heavy atom. The van der Waals surface area contributed by atoms with Crippen LogP contribution in [0.2, 0.25) is 0 Å². The Morgan fingerprint density at radius 1 is 1.10 bits per heavy atom. The first-order valence-corrected chi connectivity index (χ1v) is 13.4. The zero-order chi connectivity index (χ0) is 30.0. The van der Waals surface area contributed by atoms with Gasteiger partial charge in [0.1, 0.15) is 11.6 Å². The third-order valence-electron chi connectivity index (χ3n) is 6.19. The number of carboxylic acids is 1. The number of carbonyl (C=O) groups is 1. The van der Waals surface area contributed by atoms with Gasteiger partial charge in [0.15, 0.2) is 17.3 Å². The van der Waals surface area contributed by atoms with E-state index in [2.05, 4.69) is 9.98 Å². The number of amidine groups is 1. The highest BCUT2D eigenvalue weighted by Crippen LogP contribution is 2.38. The SMILES string of the molecule is CN1CCN=C1c1cc(S(=O)c2ccccc2C(=O)O)ccc1Oc1c(F)cnc(Oc2cc(C#N)ccc2O)c1F. The second-order valence-electron chi connectivity index (χ2n) is 8.91. The van der Waals surface area contributed by atoms with Gasteiger partial charge >= 0.3 is 5.97 Å². The van der Waals surface area contributed by atoms with Crippen molar-refractivity contribution in [2.45, 2.75) is 9.79 Å². The van der Waals surface area contributed by atoms with E-state index in [1.165, 1.54) is 48.5 Å². The molecule has 0 radical (unpaired) electrons. The maximum Gasteiger partial charge on any atom is 0.336 e. The first-order valence-electron chi connectivity index (χ1n) is 12.2. The summed E-state index contributed by atoms with van der Waals surface area (Å²) in [4.78, 5) is 21.8. The highest BCUT2D eigenvalue weighted by atomic mass is 32.2. The van der Waals surface area contributed by atoms with Crippen molar-refractivity contribution in [3.8, 4) is 34.9 Å². The summed E-state index contributed by atoms with van der Waals surface area (Å²) in [6.07, 6.45) is 0.671. The van der Waals surface area contributed by atoms with Crippen LogP contribution in [0, 0.1) is 23.0 Å². The van der Waals surface area contributed by atoms with Gasteiger partial charge in [-0.25, -0.2) is 18.4 Å². The molecule has 13 heteroatoms. The highest BCUT2D eigenvalue weighted by molar-refractivity contribution is 7.85. The molecule has 5 rings (SSSR count). The Hall–Kier alpha value is -5.35. The van der Waals surface area contributed by atoms with Crippen LogP contribution in [0.15, 0.2) is 81.6 Å². The number of aliphatic imine (C=N–C) groups is 1. The summed E-state index contributed by atoms with van der Waals surface area (Å²) in [5.41, 5.74) is 0.246. The highest BCUT2D eigenvalue weighted by Gasteiger charge is 2.26. The molecule has 1 aliphatic rings. The van der Waals surface area contributed by atoms with Crippen molar-refractivity contribution in [2.24, 2.45) is 4.99 Å². The largest absolute Gasteiger partial charge is 0.504 e. The minimum Gasteiger partial charge on any atom is -0.504 e. The number of benzene rings is 3. The Balaban J connectivity index is 1.55. The van der Waals surface area contributed by atoms with E-state index in [4.69, 9.17) is 14.7 Å². The molecule has 2 heterocycles. The molecule has 2 N–H and O–H groups in total. The zero-order valence-corrected chi connectivity index (χ0v) is 22.6. The van der Waals surface area contributed by atoms with E-state index >= 15 is 4.39 Å². The maximum absolute atomic E-state index is 15.5. The average Bonchev–Trinajstić information content (AvgIpc) is 3.42. The summed E-state index contributed by atoms with van der Waals surface area (Å²) in [5.74, 6) is -5.65. The summed E-state index contributed by atoms with van der Waals surface area (Å²) < 4.78 is 54.9. The zero-order valence-electron chi connectivity index (χ0n) is 21.7. The Kier molecular flexibility index (Phi) is 7.81. The number of aromatic hydroxyl groups is 1. The smallest absolute Gasteiger partial charge is 0.336 e. The fourth-order valence-electron chi connectivity index (χ4n) is 4.12. The number of aromatic carboxylic acids is 1.